The normalized spacial score (nSPS) is 10.3. The number of methoxy groups -OCH3 is 1. The number of hydrogen-bond acceptors (Lipinski definition) is 3. The summed E-state index contributed by atoms with van der Waals surface area (Å²) in [6, 6.07) is 1.92. The smallest absolute Gasteiger partial charge is 0.125 e. The van der Waals surface area contributed by atoms with E-state index in [-0.39, 0.29) is 0 Å². The van der Waals surface area contributed by atoms with Crippen molar-refractivity contribution in [2.45, 2.75) is 26.7 Å². The van der Waals surface area contributed by atoms with Crippen molar-refractivity contribution in [1.29, 1.82) is 0 Å². The van der Waals surface area contributed by atoms with Crippen LogP contribution in [-0.2, 0) is 4.74 Å². The quantitative estimate of drug-likeness (QED) is 0.674. The molecule has 0 bridgehead atoms. The predicted molar refractivity (Wildman–Crippen MR) is 60.3 cm³/mol. The Balaban J connectivity index is 2.34. The van der Waals surface area contributed by atoms with E-state index in [1.165, 1.54) is 0 Å². The van der Waals surface area contributed by atoms with Gasteiger partial charge in [-0.05, 0) is 32.8 Å². The van der Waals surface area contributed by atoms with Crippen LogP contribution in [0.2, 0.25) is 0 Å². The first-order valence-corrected chi connectivity index (χ1v) is 5.29. The van der Waals surface area contributed by atoms with E-state index in [1.807, 2.05) is 19.9 Å². The van der Waals surface area contributed by atoms with E-state index in [1.54, 1.807) is 13.3 Å². The lowest BCUT2D eigenvalue weighted by atomic mass is 10.2. The third-order valence-electron chi connectivity index (χ3n) is 2.41. The van der Waals surface area contributed by atoms with Gasteiger partial charge >= 0.3 is 0 Å². The maximum Gasteiger partial charge on any atom is 0.125 e. The number of hydrogen-bond donors (Lipinski definition) is 0. The number of ether oxygens (including phenoxy) is 2. The molecule has 15 heavy (non-hydrogen) atoms. The van der Waals surface area contributed by atoms with Crippen LogP contribution in [0.1, 0.15) is 24.1 Å². The Labute approximate surface area is 91.4 Å². The fourth-order valence-corrected chi connectivity index (χ4v) is 1.30. The van der Waals surface area contributed by atoms with Gasteiger partial charge in [0, 0.05) is 31.2 Å². The summed E-state index contributed by atoms with van der Waals surface area (Å²) < 4.78 is 10.6. The molecule has 0 unspecified atom stereocenters. The van der Waals surface area contributed by atoms with Gasteiger partial charge in [-0.2, -0.15) is 0 Å². The van der Waals surface area contributed by atoms with Gasteiger partial charge in [0.25, 0.3) is 0 Å². The number of rotatable bonds is 6. The van der Waals surface area contributed by atoms with E-state index >= 15 is 0 Å². The molecule has 0 fully saturated rings. The van der Waals surface area contributed by atoms with Crippen LogP contribution < -0.4 is 4.74 Å². The Morgan fingerprint density at radius 3 is 2.67 bits per heavy atom. The molecule has 0 aliphatic carbocycles. The van der Waals surface area contributed by atoms with Gasteiger partial charge < -0.3 is 9.47 Å². The van der Waals surface area contributed by atoms with E-state index in [0.717, 1.165) is 43.1 Å². The number of aryl methyl sites for hydroxylation is 1. The molecule has 1 aromatic rings. The van der Waals surface area contributed by atoms with Crippen molar-refractivity contribution in [2.75, 3.05) is 20.3 Å². The van der Waals surface area contributed by atoms with Gasteiger partial charge in [-0.3, -0.25) is 4.98 Å². The van der Waals surface area contributed by atoms with Gasteiger partial charge in [0.1, 0.15) is 5.75 Å². The molecule has 0 saturated heterocycles. The van der Waals surface area contributed by atoms with Gasteiger partial charge in [-0.25, -0.2) is 0 Å². The van der Waals surface area contributed by atoms with Crippen LogP contribution in [0, 0.1) is 13.8 Å². The Hall–Kier alpha value is -1.09. The second kappa shape index (κ2) is 6.40. The van der Waals surface area contributed by atoms with E-state index in [2.05, 4.69) is 4.98 Å². The first-order chi connectivity index (χ1) is 7.25. The molecule has 0 aliphatic rings. The Morgan fingerprint density at radius 2 is 1.93 bits per heavy atom. The van der Waals surface area contributed by atoms with Crippen LogP contribution in [-0.4, -0.2) is 25.3 Å². The summed E-state index contributed by atoms with van der Waals surface area (Å²) in [7, 11) is 1.72. The summed E-state index contributed by atoms with van der Waals surface area (Å²) >= 11 is 0. The summed E-state index contributed by atoms with van der Waals surface area (Å²) in [4.78, 5) is 4.20. The Bertz CT molecular complexity index is 300. The van der Waals surface area contributed by atoms with E-state index in [4.69, 9.17) is 9.47 Å². The molecule has 0 N–H and O–H groups in total. The zero-order valence-corrected chi connectivity index (χ0v) is 9.75. The lowest BCUT2D eigenvalue weighted by Crippen LogP contribution is -2.02. The number of pyridine rings is 1. The summed E-state index contributed by atoms with van der Waals surface area (Å²) in [6.45, 7) is 5.57. The Kier molecular flexibility index (Phi) is 5.12. The highest BCUT2D eigenvalue weighted by Gasteiger charge is 2.01. The fraction of sp³-hybridized carbons (Fsp3) is 0.583. The largest absolute Gasteiger partial charge is 0.493 e. The highest BCUT2D eigenvalue weighted by atomic mass is 16.5. The SMILES string of the molecule is COCCCCOc1ccnc(C)c1C. The second-order valence-electron chi connectivity index (χ2n) is 3.57. The number of unbranched alkanes of at least 4 members (excludes halogenated alkanes) is 1. The molecule has 0 aromatic carbocycles. The van der Waals surface area contributed by atoms with Crippen LogP contribution in [0.25, 0.3) is 0 Å². The second-order valence-corrected chi connectivity index (χ2v) is 3.57. The maximum atomic E-state index is 5.67. The highest BCUT2D eigenvalue weighted by Crippen LogP contribution is 2.18. The molecule has 0 saturated carbocycles. The average molecular weight is 209 g/mol. The molecular formula is C12H19NO2. The predicted octanol–water partition coefficient (Wildman–Crippen LogP) is 2.50. The van der Waals surface area contributed by atoms with Gasteiger partial charge in [0.15, 0.2) is 0 Å². The molecule has 1 heterocycles. The molecule has 1 rings (SSSR count). The molecule has 0 amide bonds. The van der Waals surface area contributed by atoms with Gasteiger partial charge in [0.05, 0.1) is 6.61 Å². The van der Waals surface area contributed by atoms with Gasteiger partial charge in [0.2, 0.25) is 0 Å². The molecule has 3 nitrogen and oxygen atoms in total. The molecule has 3 heteroatoms. The van der Waals surface area contributed by atoms with E-state index < -0.39 is 0 Å². The molecule has 0 spiro atoms. The lowest BCUT2D eigenvalue weighted by molar-refractivity contribution is 0.184. The van der Waals surface area contributed by atoms with Crippen molar-refractivity contribution in [1.82, 2.24) is 4.98 Å². The number of aromatic nitrogens is 1. The minimum atomic E-state index is 0.744. The molecule has 0 radical (unpaired) electrons. The monoisotopic (exact) mass is 209 g/mol. The van der Waals surface area contributed by atoms with E-state index in [0.29, 0.717) is 0 Å². The van der Waals surface area contributed by atoms with Crippen molar-refractivity contribution < 1.29 is 9.47 Å². The zero-order chi connectivity index (χ0) is 11.1. The van der Waals surface area contributed by atoms with Crippen LogP contribution in [0.3, 0.4) is 0 Å². The maximum absolute atomic E-state index is 5.67. The lowest BCUT2D eigenvalue weighted by Gasteiger charge is -2.09. The molecular weight excluding hydrogens is 190 g/mol. The fourth-order valence-electron chi connectivity index (χ4n) is 1.30. The van der Waals surface area contributed by atoms with E-state index in [9.17, 15) is 0 Å². The minimum Gasteiger partial charge on any atom is -0.493 e. The number of nitrogens with zero attached hydrogens (tertiary/aromatic N) is 1. The highest BCUT2D eigenvalue weighted by molar-refractivity contribution is 5.33. The van der Waals surface area contributed by atoms with Crippen molar-refractivity contribution in [2.24, 2.45) is 0 Å². The van der Waals surface area contributed by atoms with Crippen molar-refractivity contribution >= 4 is 0 Å². The summed E-state index contributed by atoms with van der Waals surface area (Å²) in [5.74, 6) is 0.944. The molecule has 84 valence electrons. The standard InChI is InChI=1S/C12H19NO2/c1-10-11(2)13-7-6-12(10)15-9-5-4-8-14-3/h6-7H,4-5,8-9H2,1-3H3. The van der Waals surface area contributed by atoms with Crippen LogP contribution in [0.4, 0.5) is 0 Å². The van der Waals surface area contributed by atoms with Gasteiger partial charge in [-0.15, -0.1) is 0 Å². The summed E-state index contributed by atoms with van der Waals surface area (Å²) in [5.41, 5.74) is 2.16. The van der Waals surface area contributed by atoms with Crippen molar-refractivity contribution in [3.63, 3.8) is 0 Å². The summed E-state index contributed by atoms with van der Waals surface area (Å²) in [6.07, 6.45) is 3.85. The van der Waals surface area contributed by atoms with Crippen LogP contribution in [0.5, 0.6) is 5.75 Å². The zero-order valence-electron chi connectivity index (χ0n) is 9.75. The van der Waals surface area contributed by atoms with Crippen molar-refractivity contribution in [3.05, 3.63) is 23.5 Å². The van der Waals surface area contributed by atoms with Crippen molar-refractivity contribution in [3.8, 4) is 5.75 Å². The van der Waals surface area contributed by atoms with Crippen LogP contribution >= 0.6 is 0 Å². The minimum absolute atomic E-state index is 0.744. The molecule has 0 atom stereocenters. The summed E-state index contributed by atoms with van der Waals surface area (Å²) in [5, 5.41) is 0. The van der Waals surface area contributed by atoms with Crippen LogP contribution in [0.15, 0.2) is 12.3 Å². The first kappa shape index (κ1) is 12.0. The van der Waals surface area contributed by atoms with Gasteiger partial charge in [-0.1, -0.05) is 0 Å². The third kappa shape index (κ3) is 3.88. The Morgan fingerprint density at radius 1 is 1.20 bits per heavy atom. The topological polar surface area (TPSA) is 31.4 Å². The third-order valence-corrected chi connectivity index (χ3v) is 2.41. The average Bonchev–Trinajstić information content (AvgIpc) is 2.24. The molecule has 0 aliphatic heterocycles. The first-order valence-electron chi connectivity index (χ1n) is 5.29. The molecule has 1 aromatic heterocycles.